The van der Waals surface area contributed by atoms with E-state index in [9.17, 15) is 9.50 Å². The van der Waals surface area contributed by atoms with Crippen LogP contribution in [0.15, 0.2) is 48.5 Å². The van der Waals surface area contributed by atoms with Crippen LogP contribution in [-0.2, 0) is 9.47 Å². The van der Waals surface area contributed by atoms with E-state index in [-0.39, 0.29) is 18.4 Å². The van der Waals surface area contributed by atoms with Crippen molar-refractivity contribution in [2.24, 2.45) is 0 Å². The molecule has 9 heteroatoms. The zero-order valence-electron chi connectivity index (χ0n) is 17.6. The highest BCUT2D eigenvalue weighted by Gasteiger charge is 2.15. The van der Waals surface area contributed by atoms with Gasteiger partial charge in [-0.25, -0.2) is 9.07 Å². The first-order chi connectivity index (χ1) is 15.1. The van der Waals surface area contributed by atoms with E-state index in [0.29, 0.717) is 37.8 Å². The third kappa shape index (κ3) is 6.48. The van der Waals surface area contributed by atoms with Gasteiger partial charge in [0.05, 0.1) is 25.0 Å². The second-order valence-corrected chi connectivity index (χ2v) is 6.72. The fourth-order valence-electron chi connectivity index (χ4n) is 2.89. The summed E-state index contributed by atoms with van der Waals surface area (Å²) in [5.41, 5.74) is 2.14. The predicted octanol–water partition coefficient (Wildman–Crippen LogP) is 2.91. The van der Waals surface area contributed by atoms with Crippen molar-refractivity contribution < 1.29 is 23.7 Å². The van der Waals surface area contributed by atoms with Crippen molar-refractivity contribution in [3.63, 3.8) is 0 Å². The predicted molar refractivity (Wildman–Crippen MR) is 115 cm³/mol. The number of nitrogens with one attached hydrogen (secondary N) is 1. The van der Waals surface area contributed by atoms with E-state index < -0.39 is 6.10 Å². The lowest BCUT2D eigenvalue weighted by molar-refractivity contribution is 0.0727. The number of rotatable bonds is 12. The molecule has 1 atom stereocenters. The molecule has 0 unspecified atom stereocenters. The third-order valence-corrected chi connectivity index (χ3v) is 4.35. The number of anilines is 1. The van der Waals surface area contributed by atoms with Crippen LogP contribution in [0.25, 0.3) is 17.1 Å². The minimum absolute atomic E-state index is 0.184. The average molecular weight is 430 g/mol. The molecular formula is C22H27FN4O4. The maximum Gasteiger partial charge on any atom is 0.336 e. The molecule has 3 aromatic rings. The molecule has 0 fully saturated rings. The Morgan fingerprint density at radius 2 is 1.97 bits per heavy atom. The van der Waals surface area contributed by atoms with Crippen molar-refractivity contribution in [2.75, 3.05) is 45.4 Å². The normalized spacial score (nSPS) is 12.0. The molecule has 2 N–H and O–H groups in total. The van der Waals surface area contributed by atoms with Crippen LogP contribution >= 0.6 is 0 Å². The van der Waals surface area contributed by atoms with Gasteiger partial charge in [-0.2, -0.15) is 4.98 Å². The summed E-state index contributed by atoms with van der Waals surface area (Å²) in [6.07, 6.45) is -0.601. The molecule has 0 spiro atoms. The molecule has 1 aromatic heterocycles. The van der Waals surface area contributed by atoms with Crippen molar-refractivity contribution in [3.8, 4) is 23.1 Å². The molecule has 8 nitrogen and oxygen atoms in total. The maximum absolute atomic E-state index is 13.8. The van der Waals surface area contributed by atoms with Crippen molar-refractivity contribution >= 4 is 5.69 Å². The van der Waals surface area contributed by atoms with Crippen molar-refractivity contribution in [1.82, 2.24) is 14.8 Å². The van der Waals surface area contributed by atoms with E-state index >= 15 is 0 Å². The third-order valence-electron chi connectivity index (χ3n) is 4.35. The van der Waals surface area contributed by atoms with Gasteiger partial charge in [0, 0.05) is 31.5 Å². The van der Waals surface area contributed by atoms with Crippen molar-refractivity contribution in [1.29, 1.82) is 0 Å². The lowest BCUT2D eigenvalue weighted by atomic mass is 10.2. The lowest BCUT2D eigenvalue weighted by Gasteiger charge is -2.12. The van der Waals surface area contributed by atoms with E-state index in [1.807, 2.05) is 31.2 Å². The number of halogens is 1. The summed E-state index contributed by atoms with van der Waals surface area (Å²) < 4.78 is 31.2. The summed E-state index contributed by atoms with van der Waals surface area (Å²) in [5.74, 6) is 0.0992. The maximum atomic E-state index is 13.8. The summed E-state index contributed by atoms with van der Waals surface area (Å²) in [5, 5.41) is 17.4. The fraction of sp³-hybridized carbons (Fsp3) is 0.364. The van der Waals surface area contributed by atoms with Gasteiger partial charge in [0.15, 0.2) is 5.82 Å². The summed E-state index contributed by atoms with van der Waals surface area (Å²) >= 11 is 0. The summed E-state index contributed by atoms with van der Waals surface area (Å²) in [4.78, 5) is 4.44. The van der Waals surface area contributed by atoms with Gasteiger partial charge in [0.1, 0.15) is 12.4 Å². The van der Waals surface area contributed by atoms with Crippen LogP contribution in [0, 0.1) is 5.82 Å². The van der Waals surface area contributed by atoms with Gasteiger partial charge in [0.2, 0.25) is 0 Å². The van der Waals surface area contributed by atoms with Crippen LogP contribution in [0.1, 0.15) is 6.92 Å². The van der Waals surface area contributed by atoms with E-state index in [1.54, 1.807) is 23.9 Å². The highest BCUT2D eigenvalue weighted by Crippen LogP contribution is 2.25. The van der Waals surface area contributed by atoms with Crippen LogP contribution in [-0.4, -0.2) is 66.1 Å². The average Bonchev–Trinajstić information content (AvgIpc) is 3.20. The first-order valence-electron chi connectivity index (χ1n) is 10.1. The minimum atomic E-state index is -0.601. The molecule has 0 radical (unpaired) electrons. The quantitative estimate of drug-likeness (QED) is 0.427. The van der Waals surface area contributed by atoms with Crippen LogP contribution in [0.3, 0.4) is 0 Å². The Morgan fingerprint density at radius 3 is 2.68 bits per heavy atom. The molecule has 1 heterocycles. The number of hydrogen-bond donors (Lipinski definition) is 2. The molecule has 31 heavy (non-hydrogen) atoms. The zero-order chi connectivity index (χ0) is 22.1. The number of aliphatic hydroxyl groups is 1. The van der Waals surface area contributed by atoms with Gasteiger partial charge in [-0.1, -0.05) is 12.1 Å². The Morgan fingerprint density at radius 1 is 1.16 bits per heavy atom. The number of benzene rings is 2. The molecule has 166 valence electrons. The number of ether oxygens (including phenoxy) is 3. The van der Waals surface area contributed by atoms with Crippen LogP contribution in [0.5, 0.6) is 6.01 Å². The van der Waals surface area contributed by atoms with Gasteiger partial charge < -0.3 is 24.6 Å². The monoisotopic (exact) mass is 430 g/mol. The highest BCUT2D eigenvalue weighted by molar-refractivity contribution is 5.59. The van der Waals surface area contributed by atoms with E-state index in [2.05, 4.69) is 15.4 Å². The molecule has 0 bridgehead atoms. The van der Waals surface area contributed by atoms with Gasteiger partial charge in [0.25, 0.3) is 0 Å². The Labute approximate surface area is 180 Å². The summed E-state index contributed by atoms with van der Waals surface area (Å²) in [6, 6.07) is 13.8. The topological polar surface area (TPSA) is 90.7 Å². The van der Waals surface area contributed by atoms with E-state index in [4.69, 9.17) is 14.2 Å². The zero-order valence-corrected chi connectivity index (χ0v) is 17.6. The van der Waals surface area contributed by atoms with E-state index in [0.717, 1.165) is 11.4 Å². The van der Waals surface area contributed by atoms with Gasteiger partial charge in [-0.3, -0.25) is 0 Å². The number of aliphatic hydroxyl groups excluding tert-OH is 1. The standard InChI is InChI=1S/C22H27FN4O4/c1-3-30-11-12-31-22-25-21(16-5-4-6-17(23)13-16)27(26-22)19-9-7-18(8-10-19)24-14-20(28)15-29-2/h4-10,13,20,24,28H,3,11-12,14-15H2,1-2H3/t20-/m0/s1. The second-order valence-electron chi connectivity index (χ2n) is 6.72. The molecule has 0 saturated carbocycles. The van der Waals surface area contributed by atoms with Gasteiger partial charge >= 0.3 is 6.01 Å². The number of hydrogen-bond acceptors (Lipinski definition) is 7. The summed E-state index contributed by atoms with van der Waals surface area (Å²) in [6.45, 7) is 3.87. The minimum Gasteiger partial charge on any atom is -0.460 e. The Balaban J connectivity index is 1.81. The van der Waals surface area contributed by atoms with Crippen molar-refractivity contribution in [3.05, 3.63) is 54.3 Å². The SMILES string of the molecule is CCOCCOc1nc(-c2cccc(F)c2)n(-c2ccc(NC[C@H](O)COC)cc2)n1. The number of methoxy groups -OCH3 is 1. The molecular weight excluding hydrogens is 403 g/mol. The van der Waals surface area contributed by atoms with Gasteiger partial charge in [-0.05, 0) is 43.3 Å². The number of nitrogens with zero attached hydrogens (tertiary/aromatic N) is 3. The second kappa shape index (κ2) is 11.4. The Kier molecular flexibility index (Phi) is 8.34. The highest BCUT2D eigenvalue weighted by atomic mass is 19.1. The van der Waals surface area contributed by atoms with Crippen molar-refractivity contribution in [2.45, 2.75) is 13.0 Å². The first kappa shape index (κ1) is 22.7. The Bertz CT molecular complexity index is 949. The van der Waals surface area contributed by atoms with Crippen LogP contribution in [0.4, 0.5) is 10.1 Å². The van der Waals surface area contributed by atoms with Gasteiger partial charge in [-0.15, -0.1) is 5.10 Å². The first-order valence-corrected chi connectivity index (χ1v) is 10.1. The van der Waals surface area contributed by atoms with Crippen LogP contribution < -0.4 is 10.1 Å². The largest absolute Gasteiger partial charge is 0.460 e. The molecule has 0 aliphatic rings. The molecule has 3 rings (SSSR count). The molecule has 0 aliphatic heterocycles. The lowest BCUT2D eigenvalue weighted by Crippen LogP contribution is -2.24. The fourth-order valence-corrected chi connectivity index (χ4v) is 2.89. The molecule has 0 saturated heterocycles. The smallest absolute Gasteiger partial charge is 0.336 e. The number of aromatic nitrogens is 3. The molecule has 0 aliphatic carbocycles. The summed E-state index contributed by atoms with van der Waals surface area (Å²) in [7, 11) is 1.54. The van der Waals surface area contributed by atoms with E-state index in [1.165, 1.54) is 12.1 Å². The molecule has 2 aromatic carbocycles. The molecule has 0 amide bonds. The Hall–Kier alpha value is -3.01. The van der Waals surface area contributed by atoms with Crippen LogP contribution in [0.2, 0.25) is 0 Å².